The van der Waals surface area contributed by atoms with Crippen molar-refractivity contribution in [2.45, 2.75) is 0 Å². The van der Waals surface area contributed by atoms with Crippen molar-refractivity contribution < 1.29 is 27.3 Å². The van der Waals surface area contributed by atoms with Gasteiger partial charge >= 0.3 is 0 Å². The summed E-state index contributed by atoms with van der Waals surface area (Å²) in [7, 11) is -3.57. The van der Waals surface area contributed by atoms with Gasteiger partial charge in [-0.15, -0.1) is 0 Å². The minimum Gasteiger partial charge on any atom is -0.744 e. The Morgan fingerprint density at radius 3 is 2.32 bits per heavy atom. The highest BCUT2D eigenvalue weighted by molar-refractivity contribution is 7.91. The average molecular weight is 285 g/mol. The molecule has 0 saturated heterocycles. The van der Waals surface area contributed by atoms with Gasteiger partial charge in [-0.3, -0.25) is 9.59 Å². The summed E-state index contributed by atoms with van der Waals surface area (Å²) in [6, 6.07) is 4.22. The molecule has 0 spiro atoms. The predicted octanol–water partition coefficient (Wildman–Crippen LogP) is 0.723. The summed E-state index contributed by atoms with van der Waals surface area (Å²) in [5.41, 5.74) is 0.224. The molecule has 1 aromatic rings. The zero-order valence-corrected chi connectivity index (χ0v) is 11.0. The summed E-state index contributed by atoms with van der Waals surface area (Å²) in [5, 5.41) is 0. The van der Waals surface area contributed by atoms with E-state index in [-0.39, 0.29) is 17.3 Å². The third-order valence-corrected chi connectivity index (χ3v) is 3.33. The van der Waals surface area contributed by atoms with Crippen LogP contribution in [0.15, 0.2) is 23.1 Å². The predicted molar refractivity (Wildman–Crippen MR) is 66.0 cm³/mol. The lowest BCUT2D eigenvalue weighted by Crippen LogP contribution is -2.25. The summed E-state index contributed by atoms with van der Waals surface area (Å²) in [6.45, 7) is 0. The molecule has 1 aliphatic carbocycles. The van der Waals surface area contributed by atoms with Crippen LogP contribution in [0.5, 0.6) is 5.75 Å². The molecule has 0 aliphatic heterocycles. The molecule has 0 saturated carbocycles. The van der Waals surface area contributed by atoms with E-state index in [1.165, 1.54) is 25.3 Å². The third kappa shape index (κ3) is 2.55. The summed E-state index contributed by atoms with van der Waals surface area (Å²) < 4.78 is 37.5. The highest BCUT2D eigenvalue weighted by Gasteiger charge is 2.31. The molecule has 2 rings (SSSR count). The molecule has 4 N–H and O–H groups in total. The van der Waals surface area contributed by atoms with E-state index in [9.17, 15) is 22.6 Å². The second-order valence-electron chi connectivity index (χ2n) is 3.57. The van der Waals surface area contributed by atoms with Gasteiger partial charge in [-0.1, -0.05) is 6.07 Å². The lowest BCUT2D eigenvalue weighted by atomic mass is 9.95. The molecule has 0 amide bonds. The Morgan fingerprint density at radius 1 is 1.16 bits per heavy atom. The van der Waals surface area contributed by atoms with Crippen LogP contribution in [0.25, 0.3) is 6.08 Å². The Morgan fingerprint density at radius 2 is 1.79 bits per heavy atom. The number of carbonyl (C=O) groups excluding carboxylic acids is 2. The quantitative estimate of drug-likeness (QED) is 0.627. The van der Waals surface area contributed by atoms with Crippen LogP contribution in [0.3, 0.4) is 0 Å². The molecule has 0 radical (unpaired) electrons. The summed E-state index contributed by atoms with van der Waals surface area (Å²) in [4.78, 5) is 22.2. The zero-order valence-electron chi connectivity index (χ0n) is 10.2. The smallest absolute Gasteiger partial charge is 0.243 e. The van der Waals surface area contributed by atoms with Gasteiger partial charge in [0.05, 0.1) is 7.11 Å². The van der Waals surface area contributed by atoms with Gasteiger partial charge in [0.15, 0.2) is 0 Å². The first kappa shape index (κ1) is 15.0. The van der Waals surface area contributed by atoms with E-state index in [2.05, 4.69) is 0 Å². The Kier molecular flexibility index (Phi) is 3.89. The van der Waals surface area contributed by atoms with Crippen molar-refractivity contribution in [3.8, 4) is 5.75 Å². The molecule has 0 aromatic heterocycles. The van der Waals surface area contributed by atoms with Crippen LogP contribution >= 0.6 is 0 Å². The average Bonchev–Trinajstić information content (AvgIpc) is 2.32. The Hall–Kier alpha value is -2.03. The van der Waals surface area contributed by atoms with Gasteiger partial charge in [-0.2, -0.15) is 0 Å². The number of hydrogen-bond acceptors (Lipinski definition) is 6. The first-order chi connectivity index (χ1) is 8.34. The summed E-state index contributed by atoms with van der Waals surface area (Å²) in [6.07, 6.45) is 0.904. The highest BCUT2D eigenvalue weighted by atomic mass is 32.2. The Balaban J connectivity index is 0.00000180. The Labute approximate surface area is 109 Å². The summed E-state index contributed by atoms with van der Waals surface area (Å²) >= 11 is 0. The number of benzene rings is 1. The van der Waals surface area contributed by atoms with E-state index in [1.54, 1.807) is 0 Å². The van der Waals surface area contributed by atoms with E-state index in [4.69, 9.17) is 4.74 Å². The fourth-order valence-corrected chi connectivity index (χ4v) is 2.20. The monoisotopic (exact) mass is 285 g/mol. The lowest BCUT2D eigenvalue weighted by molar-refractivity contribution is -0.111. The van der Waals surface area contributed by atoms with E-state index >= 15 is 0 Å². The van der Waals surface area contributed by atoms with Crippen molar-refractivity contribution in [3.05, 3.63) is 34.2 Å². The van der Waals surface area contributed by atoms with Crippen LogP contribution in [0.2, 0.25) is 0 Å². The first-order valence-electron chi connectivity index (χ1n) is 4.79. The maximum atomic E-state index is 11.7. The first-order valence-corrected chi connectivity index (χ1v) is 6.20. The normalized spacial score (nSPS) is 14.3. The van der Waals surface area contributed by atoms with E-state index in [0.29, 0.717) is 5.75 Å². The van der Waals surface area contributed by atoms with Crippen LogP contribution in [0.1, 0.15) is 15.9 Å². The van der Waals surface area contributed by atoms with Crippen molar-refractivity contribution >= 4 is 27.8 Å². The van der Waals surface area contributed by atoms with Crippen LogP contribution in [0.4, 0.5) is 0 Å². The molecule has 0 unspecified atom stereocenters. The molecular weight excluding hydrogens is 274 g/mol. The molecule has 19 heavy (non-hydrogen) atoms. The number of ketones is 2. The number of quaternary nitrogens is 1. The van der Waals surface area contributed by atoms with Gasteiger partial charge in [0, 0.05) is 5.56 Å². The molecule has 1 aliphatic rings. The van der Waals surface area contributed by atoms with Gasteiger partial charge in [0.25, 0.3) is 0 Å². The number of hydrogen-bond donors (Lipinski definition) is 1. The minimum atomic E-state index is -4.96. The molecule has 7 nitrogen and oxygen atoms in total. The lowest BCUT2D eigenvalue weighted by Gasteiger charge is -2.17. The standard InChI is InChI=1S/C11H8O6S.H3N/c1-17-7-3-2-6-4-9(18(14,15)16)11(13)10(12)8(6)5-7;/h2-5H,1H3,(H,14,15,16);1H3. The number of methoxy groups -OCH3 is 1. The third-order valence-electron chi connectivity index (χ3n) is 2.49. The number of rotatable bonds is 2. The number of ether oxygens (including phenoxy) is 1. The van der Waals surface area contributed by atoms with E-state index < -0.39 is 26.6 Å². The second kappa shape index (κ2) is 4.92. The topological polar surface area (TPSA) is 137 Å². The molecule has 0 fully saturated rings. The largest absolute Gasteiger partial charge is 0.744 e. The SMILES string of the molecule is COc1ccc2c(c1)C(=O)C(=O)C(S(=O)(=O)[O-])=C2.[NH4+]. The van der Waals surface area contributed by atoms with Crippen LogP contribution in [-0.2, 0) is 14.9 Å². The second-order valence-corrected chi connectivity index (χ2v) is 4.92. The van der Waals surface area contributed by atoms with Crippen LogP contribution < -0.4 is 10.9 Å². The fourth-order valence-electron chi connectivity index (χ4n) is 1.61. The fraction of sp³-hybridized carbons (Fsp3) is 0.0909. The van der Waals surface area contributed by atoms with Gasteiger partial charge < -0.3 is 15.4 Å². The molecule has 1 aromatic carbocycles. The maximum absolute atomic E-state index is 11.7. The van der Waals surface area contributed by atoms with Crippen molar-refractivity contribution in [3.63, 3.8) is 0 Å². The van der Waals surface area contributed by atoms with Crippen LogP contribution in [0, 0.1) is 0 Å². The zero-order chi connectivity index (χ0) is 13.5. The van der Waals surface area contributed by atoms with E-state index in [0.717, 1.165) is 6.08 Å². The Bertz CT molecular complexity index is 689. The van der Waals surface area contributed by atoms with Crippen molar-refractivity contribution in [2.24, 2.45) is 0 Å². The minimum absolute atomic E-state index is 0. The number of allylic oxidation sites excluding steroid dienone is 1. The highest BCUT2D eigenvalue weighted by Crippen LogP contribution is 2.27. The summed E-state index contributed by atoms with van der Waals surface area (Å²) in [5.74, 6) is -1.98. The van der Waals surface area contributed by atoms with Gasteiger partial charge in [-0.05, 0) is 23.8 Å². The van der Waals surface area contributed by atoms with E-state index in [1.807, 2.05) is 0 Å². The van der Waals surface area contributed by atoms with Gasteiger partial charge in [-0.25, -0.2) is 8.42 Å². The maximum Gasteiger partial charge on any atom is 0.243 e. The molecular formula is C11H11NO6S. The van der Waals surface area contributed by atoms with Crippen molar-refractivity contribution in [1.29, 1.82) is 0 Å². The number of carbonyl (C=O) groups is 2. The van der Waals surface area contributed by atoms with Gasteiger partial charge in [0.1, 0.15) is 20.8 Å². The van der Waals surface area contributed by atoms with Gasteiger partial charge in [0.2, 0.25) is 11.6 Å². The molecule has 0 bridgehead atoms. The van der Waals surface area contributed by atoms with Crippen molar-refractivity contribution in [2.75, 3.05) is 7.11 Å². The van der Waals surface area contributed by atoms with Crippen molar-refractivity contribution in [1.82, 2.24) is 6.15 Å². The number of fused-ring (bicyclic) bond motifs is 1. The molecule has 0 heterocycles. The number of Topliss-reactive ketones (excluding diaryl/α,β-unsaturated/α-hetero) is 2. The molecule has 8 heteroatoms. The van der Waals surface area contributed by atoms with Crippen LogP contribution in [-0.4, -0.2) is 31.6 Å². The molecule has 102 valence electrons. The molecule has 0 atom stereocenters.